The second-order valence-corrected chi connectivity index (χ2v) is 6.44. The van der Waals surface area contributed by atoms with E-state index in [-0.39, 0.29) is 22.5 Å². The van der Waals surface area contributed by atoms with Crippen LogP contribution in [0.1, 0.15) is 29.8 Å². The topological polar surface area (TPSA) is 46.6 Å². The molecule has 0 spiro atoms. The SMILES string of the molecule is C[C@H](OC(=O)c1c(F)cccc1Cl)C(=O)N1c2ccccc2C[C@H]1C. The van der Waals surface area contributed by atoms with E-state index in [0.717, 1.165) is 23.7 Å². The van der Waals surface area contributed by atoms with Gasteiger partial charge in [0.15, 0.2) is 6.10 Å². The molecule has 2 atom stereocenters. The fourth-order valence-electron chi connectivity index (χ4n) is 3.06. The molecule has 1 amide bonds. The summed E-state index contributed by atoms with van der Waals surface area (Å²) in [7, 11) is 0. The lowest BCUT2D eigenvalue weighted by Crippen LogP contribution is -2.43. The Morgan fingerprint density at radius 3 is 2.68 bits per heavy atom. The van der Waals surface area contributed by atoms with E-state index in [4.69, 9.17) is 16.3 Å². The molecule has 6 heteroatoms. The van der Waals surface area contributed by atoms with Gasteiger partial charge in [0.25, 0.3) is 5.91 Å². The molecule has 0 saturated carbocycles. The first-order chi connectivity index (χ1) is 11.9. The van der Waals surface area contributed by atoms with Crippen LogP contribution in [-0.4, -0.2) is 24.0 Å². The molecule has 1 aliphatic rings. The van der Waals surface area contributed by atoms with Gasteiger partial charge in [0.2, 0.25) is 0 Å². The number of esters is 1. The van der Waals surface area contributed by atoms with Gasteiger partial charge >= 0.3 is 5.97 Å². The average Bonchev–Trinajstić information content (AvgIpc) is 2.89. The van der Waals surface area contributed by atoms with Gasteiger partial charge in [0.1, 0.15) is 11.4 Å². The standard InChI is InChI=1S/C19H17ClFNO3/c1-11-10-13-6-3-4-9-16(13)22(11)18(23)12(2)25-19(24)17-14(20)7-5-8-15(17)21/h3-9,11-12H,10H2,1-2H3/t11-,12+/m1/s1. The number of anilines is 1. The second kappa shape index (κ2) is 6.84. The quantitative estimate of drug-likeness (QED) is 0.776. The summed E-state index contributed by atoms with van der Waals surface area (Å²) in [5.74, 6) is -2.08. The highest BCUT2D eigenvalue weighted by atomic mass is 35.5. The molecule has 0 unspecified atom stereocenters. The highest BCUT2D eigenvalue weighted by Gasteiger charge is 2.35. The zero-order chi connectivity index (χ0) is 18.1. The van der Waals surface area contributed by atoms with Crippen molar-refractivity contribution in [3.63, 3.8) is 0 Å². The van der Waals surface area contributed by atoms with E-state index in [9.17, 15) is 14.0 Å². The van der Waals surface area contributed by atoms with E-state index in [0.29, 0.717) is 0 Å². The highest BCUT2D eigenvalue weighted by molar-refractivity contribution is 6.33. The lowest BCUT2D eigenvalue weighted by molar-refractivity contribution is -0.126. The number of benzene rings is 2. The van der Waals surface area contributed by atoms with Gasteiger partial charge in [-0.1, -0.05) is 35.9 Å². The van der Waals surface area contributed by atoms with E-state index >= 15 is 0 Å². The minimum Gasteiger partial charge on any atom is -0.449 e. The van der Waals surface area contributed by atoms with E-state index in [1.807, 2.05) is 31.2 Å². The summed E-state index contributed by atoms with van der Waals surface area (Å²) >= 11 is 5.87. The fourth-order valence-corrected chi connectivity index (χ4v) is 3.30. The summed E-state index contributed by atoms with van der Waals surface area (Å²) < 4.78 is 19.0. The van der Waals surface area contributed by atoms with Crippen molar-refractivity contribution in [2.24, 2.45) is 0 Å². The number of carbonyl (C=O) groups excluding carboxylic acids is 2. The molecular formula is C19H17ClFNO3. The molecular weight excluding hydrogens is 345 g/mol. The van der Waals surface area contributed by atoms with Crippen molar-refractivity contribution in [1.82, 2.24) is 0 Å². The van der Waals surface area contributed by atoms with Crippen molar-refractivity contribution >= 4 is 29.2 Å². The van der Waals surface area contributed by atoms with Crippen LogP contribution in [0.15, 0.2) is 42.5 Å². The number of ether oxygens (including phenoxy) is 1. The van der Waals surface area contributed by atoms with E-state index < -0.39 is 17.9 Å². The molecule has 2 aromatic rings. The van der Waals surface area contributed by atoms with Gasteiger partial charge in [-0.25, -0.2) is 9.18 Å². The van der Waals surface area contributed by atoms with Gasteiger partial charge < -0.3 is 9.64 Å². The van der Waals surface area contributed by atoms with Gasteiger partial charge in [-0.05, 0) is 44.0 Å². The Hall–Kier alpha value is -2.40. The van der Waals surface area contributed by atoms with E-state index in [2.05, 4.69) is 0 Å². The molecule has 0 bridgehead atoms. The molecule has 3 rings (SSSR count). The maximum atomic E-state index is 13.8. The number of halogens is 2. The van der Waals surface area contributed by atoms with Gasteiger partial charge in [0, 0.05) is 11.7 Å². The smallest absolute Gasteiger partial charge is 0.343 e. The Bertz CT molecular complexity index is 819. The minimum absolute atomic E-state index is 0.0388. The number of carbonyl (C=O) groups is 2. The van der Waals surface area contributed by atoms with Crippen LogP contribution in [0.3, 0.4) is 0 Å². The van der Waals surface area contributed by atoms with Crippen LogP contribution in [0.25, 0.3) is 0 Å². The lowest BCUT2D eigenvalue weighted by Gasteiger charge is -2.26. The third kappa shape index (κ3) is 3.24. The summed E-state index contributed by atoms with van der Waals surface area (Å²) in [6, 6.07) is 11.5. The summed E-state index contributed by atoms with van der Waals surface area (Å²) in [5, 5.41) is -0.0514. The zero-order valence-corrected chi connectivity index (χ0v) is 14.6. The zero-order valence-electron chi connectivity index (χ0n) is 13.8. The van der Waals surface area contributed by atoms with Crippen LogP contribution in [0.5, 0.6) is 0 Å². The largest absolute Gasteiger partial charge is 0.449 e. The van der Waals surface area contributed by atoms with Crippen molar-refractivity contribution in [2.45, 2.75) is 32.4 Å². The maximum Gasteiger partial charge on any atom is 0.343 e. The van der Waals surface area contributed by atoms with Crippen LogP contribution in [0.2, 0.25) is 5.02 Å². The Morgan fingerprint density at radius 1 is 1.24 bits per heavy atom. The predicted molar refractivity (Wildman–Crippen MR) is 93.4 cm³/mol. The Labute approximate surface area is 150 Å². The van der Waals surface area contributed by atoms with E-state index in [1.165, 1.54) is 19.1 Å². The van der Waals surface area contributed by atoms with Crippen LogP contribution < -0.4 is 4.90 Å². The van der Waals surface area contributed by atoms with Crippen LogP contribution >= 0.6 is 11.6 Å². The molecule has 130 valence electrons. The fraction of sp³-hybridized carbons (Fsp3) is 0.263. The summed E-state index contributed by atoms with van der Waals surface area (Å²) in [6.07, 6.45) is -0.321. The third-order valence-corrected chi connectivity index (χ3v) is 4.56. The molecule has 0 N–H and O–H groups in total. The number of para-hydroxylation sites is 1. The number of amides is 1. The number of nitrogens with zero attached hydrogens (tertiary/aromatic N) is 1. The Kier molecular flexibility index (Phi) is 4.77. The molecule has 4 nitrogen and oxygen atoms in total. The van der Waals surface area contributed by atoms with E-state index in [1.54, 1.807) is 4.90 Å². The van der Waals surface area contributed by atoms with Crippen LogP contribution in [-0.2, 0) is 16.0 Å². The number of rotatable bonds is 3. The van der Waals surface area contributed by atoms with Gasteiger partial charge in [-0.2, -0.15) is 0 Å². The van der Waals surface area contributed by atoms with Crippen molar-refractivity contribution < 1.29 is 18.7 Å². The average molecular weight is 362 g/mol. The third-order valence-electron chi connectivity index (χ3n) is 4.24. The van der Waals surface area contributed by atoms with Crippen molar-refractivity contribution in [3.05, 3.63) is 64.4 Å². The first-order valence-electron chi connectivity index (χ1n) is 7.96. The molecule has 0 radical (unpaired) electrons. The molecule has 1 heterocycles. The first-order valence-corrected chi connectivity index (χ1v) is 8.34. The lowest BCUT2D eigenvalue weighted by atomic mass is 10.1. The monoisotopic (exact) mass is 361 g/mol. The van der Waals surface area contributed by atoms with Crippen molar-refractivity contribution in [2.75, 3.05) is 4.90 Å². The van der Waals surface area contributed by atoms with Crippen LogP contribution in [0.4, 0.5) is 10.1 Å². The van der Waals surface area contributed by atoms with Crippen molar-refractivity contribution in [1.29, 1.82) is 0 Å². The molecule has 0 aromatic heterocycles. The molecule has 25 heavy (non-hydrogen) atoms. The predicted octanol–water partition coefficient (Wildman–Crippen LogP) is 4.00. The molecule has 0 aliphatic carbocycles. The maximum absolute atomic E-state index is 13.8. The Morgan fingerprint density at radius 2 is 1.96 bits per heavy atom. The van der Waals surface area contributed by atoms with Gasteiger partial charge in [-0.15, -0.1) is 0 Å². The molecule has 0 fully saturated rings. The number of hydrogen-bond donors (Lipinski definition) is 0. The second-order valence-electron chi connectivity index (χ2n) is 6.03. The number of hydrogen-bond acceptors (Lipinski definition) is 3. The van der Waals surface area contributed by atoms with Crippen LogP contribution in [0, 0.1) is 5.82 Å². The van der Waals surface area contributed by atoms with Gasteiger partial charge in [-0.3, -0.25) is 4.79 Å². The summed E-state index contributed by atoms with van der Waals surface area (Å²) in [4.78, 5) is 26.6. The first kappa shape index (κ1) is 17.4. The van der Waals surface area contributed by atoms with Gasteiger partial charge in [0.05, 0.1) is 5.02 Å². The normalized spacial score (nSPS) is 17.1. The Balaban J connectivity index is 1.79. The molecule has 2 aromatic carbocycles. The van der Waals surface area contributed by atoms with Crippen molar-refractivity contribution in [3.8, 4) is 0 Å². The molecule has 1 aliphatic heterocycles. The highest BCUT2D eigenvalue weighted by Crippen LogP contribution is 2.32. The minimum atomic E-state index is -1.06. The summed E-state index contributed by atoms with van der Waals surface area (Å²) in [5.41, 5.74) is 1.52. The molecule has 0 saturated heterocycles. The summed E-state index contributed by atoms with van der Waals surface area (Å²) in [6.45, 7) is 3.41. The number of fused-ring (bicyclic) bond motifs is 1.